The summed E-state index contributed by atoms with van der Waals surface area (Å²) in [5.74, 6) is 0.356. The second-order valence-corrected chi connectivity index (χ2v) is 8.63. The second kappa shape index (κ2) is 8.48. The minimum absolute atomic E-state index is 0.0116. The number of thiophene rings is 1. The molecule has 0 fully saturated rings. The molecular weight excluding hydrogens is 438 g/mol. The number of aromatic nitrogens is 2. The number of pyridine rings is 1. The standard InChI is InChI=1S/C25H19N3O4S/c1-14-11-18(28-32-14)6-8-22(29)15-3-2-4-17(12-15)26-24-20-9-10-33-23(20)19-7-5-16(25(30)31)13-21(19)27-24/h2-5,7,9-13H,6,8H2,1H3,(H,26,27)(H,30,31). The van der Waals surface area contributed by atoms with Gasteiger partial charge in [-0.1, -0.05) is 23.4 Å². The first-order valence-electron chi connectivity index (χ1n) is 10.3. The summed E-state index contributed by atoms with van der Waals surface area (Å²) < 4.78 is 6.08. The summed E-state index contributed by atoms with van der Waals surface area (Å²) in [5, 5.41) is 20.4. The van der Waals surface area contributed by atoms with Crippen LogP contribution in [0, 0.1) is 6.92 Å². The molecule has 2 N–H and O–H groups in total. The molecule has 2 aromatic carbocycles. The average Bonchev–Trinajstić information content (AvgIpc) is 3.47. The normalized spacial score (nSPS) is 11.2. The van der Waals surface area contributed by atoms with E-state index in [0.717, 1.165) is 32.6 Å². The number of hydrogen-bond acceptors (Lipinski definition) is 7. The van der Waals surface area contributed by atoms with E-state index in [-0.39, 0.29) is 11.3 Å². The molecule has 8 heteroatoms. The lowest BCUT2D eigenvalue weighted by Crippen LogP contribution is -2.03. The lowest BCUT2D eigenvalue weighted by atomic mass is 10.0. The van der Waals surface area contributed by atoms with E-state index in [4.69, 9.17) is 9.51 Å². The van der Waals surface area contributed by atoms with Crippen LogP contribution in [0.25, 0.3) is 21.0 Å². The number of rotatable bonds is 7. The number of carbonyl (C=O) groups is 2. The maximum atomic E-state index is 12.7. The molecule has 0 saturated carbocycles. The smallest absolute Gasteiger partial charge is 0.335 e. The second-order valence-electron chi connectivity index (χ2n) is 7.72. The molecule has 0 radical (unpaired) electrons. The van der Waals surface area contributed by atoms with Crippen LogP contribution in [0.5, 0.6) is 0 Å². The SMILES string of the molecule is Cc1cc(CCC(=O)c2cccc(Nc3nc4cc(C(=O)O)ccc4c4sccc34)c2)no1. The van der Waals surface area contributed by atoms with Gasteiger partial charge in [-0.25, -0.2) is 9.78 Å². The van der Waals surface area contributed by atoms with Crippen molar-refractivity contribution in [3.63, 3.8) is 0 Å². The summed E-state index contributed by atoms with van der Waals surface area (Å²) >= 11 is 1.57. The quantitative estimate of drug-likeness (QED) is 0.289. The number of carboxylic acids is 1. The fourth-order valence-electron chi connectivity index (χ4n) is 3.76. The van der Waals surface area contributed by atoms with Crippen molar-refractivity contribution in [2.24, 2.45) is 0 Å². The van der Waals surface area contributed by atoms with E-state index in [9.17, 15) is 14.7 Å². The topological polar surface area (TPSA) is 105 Å². The number of fused-ring (bicyclic) bond motifs is 3. The Hall–Kier alpha value is -4.04. The molecule has 164 valence electrons. The van der Waals surface area contributed by atoms with Gasteiger partial charge in [-0.3, -0.25) is 4.79 Å². The van der Waals surface area contributed by atoms with Crippen LogP contribution in [0.1, 0.15) is 38.6 Å². The third-order valence-electron chi connectivity index (χ3n) is 5.37. The van der Waals surface area contributed by atoms with Gasteiger partial charge in [-0.2, -0.15) is 0 Å². The third kappa shape index (κ3) is 4.20. The van der Waals surface area contributed by atoms with Crippen molar-refractivity contribution in [1.82, 2.24) is 10.1 Å². The van der Waals surface area contributed by atoms with Crippen molar-refractivity contribution < 1.29 is 19.2 Å². The number of aromatic carboxylic acids is 1. The molecule has 0 aliphatic heterocycles. The minimum atomic E-state index is -0.994. The van der Waals surface area contributed by atoms with Gasteiger partial charge in [0.1, 0.15) is 11.6 Å². The van der Waals surface area contributed by atoms with E-state index >= 15 is 0 Å². The first-order chi connectivity index (χ1) is 16.0. The van der Waals surface area contributed by atoms with E-state index in [0.29, 0.717) is 29.7 Å². The fraction of sp³-hybridized carbons (Fsp3) is 0.120. The summed E-state index contributed by atoms with van der Waals surface area (Å²) in [6.07, 6.45) is 0.845. The largest absolute Gasteiger partial charge is 0.478 e. The summed E-state index contributed by atoms with van der Waals surface area (Å²) in [6, 6.07) is 16.1. The Bertz CT molecular complexity index is 1520. The van der Waals surface area contributed by atoms with Gasteiger partial charge < -0.3 is 14.9 Å². The Morgan fingerprint density at radius 2 is 1.94 bits per heavy atom. The number of anilines is 2. The monoisotopic (exact) mass is 457 g/mol. The number of hydrogen-bond donors (Lipinski definition) is 2. The number of benzene rings is 2. The molecule has 0 saturated heterocycles. The van der Waals surface area contributed by atoms with Crippen LogP contribution < -0.4 is 5.32 Å². The van der Waals surface area contributed by atoms with Crippen LogP contribution in [0.15, 0.2) is 64.5 Å². The molecule has 3 heterocycles. The molecule has 0 aliphatic rings. The Morgan fingerprint density at radius 3 is 2.73 bits per heavy atom. The van der Waals surface area contributed by atoms with Crippen LogP contribution in [0.2, 0.25) is 0 Å². The van der Waals surface area contributed by atoms with Gasteiger partial charge >= 0.3 is 5.97 Å². The molecule has 0 unspecified atom stereocenters. The Kier molecular flexibility index (Phi) is 5.35. The average molecular weight is 458 g/mol. The number of nitrogens with one attached hydrogen (secondary N) is 1. The summed E-state index contributed by atoms with van der Waals surface area (Å²) in [7, 11) is 0. The number of ketones is 1. The van der Waals surface area contributed by atoms with Crippen molar-refractivity contribution in [2.45, 2.75) is 19.8 Å². The molecule has 33 heavy (non-hydrogen) atoms. The van der Waals surface area contributed by atoms with Crippen LogP contribution in [0.3, 0.4) is 0 Å². The highest BCUT2D eigenvalue weighted by Gasteiger charge is 2.14. The van der Waals surface area contributed by atoms with Crippen molar-refractivity contribution >= 4 is 55.6 Å². The molecule has 0 bridgehead atoms. The number of aryl methyl sites for hydroxylation is 2. The molecular formula is C25H19N3O4S. The lowest BCUT2D eigenvalue weighted by Gasteiger charge is -2.11. The molecule has 0 amide bonds. The predicted molar refractivity (Wildman–Crippen MR) is 128 cm³/mol. The molecule has 0 aliphatic carbocycles. The van der Waals surface area contributed by atoms with Gasteiger partial charge in [0.2, 0.25) is 0 Å². The summed E-state index contributed by atoms with van der Waals surface area (Å²) in [4.78, 5) is 28.8. The molecule has 0 atom stereocenters. The number of Topliss-reactive ketones (excluding diaryl/α,β-unsaturated/α-hetero) is 1. The molecule has 5 aromatic rings. The number of carboxylic acid groups (broad SMARTS) is 1. The minimum Gasteiger partial charge on any atom is -0.478 e. The van der Waals surface area contributed by atoms with Crippen LogP contribution in [-0.4, -0.2) is 27.0 Å². The van der Waals surface area contributed by atoms with E-state index in [1.807, 2.05) is 36.6 Å². The lowest BCUT2D eigenvalue weighted by molar-refractivity contribution is 0.0696. The maximum absolute atomic E-state index is 12.7. The number of carbonyl (C=O) groups excluding carboxylic acids is 1. The zero-order chi connectivity index (χ0) is 22.9. The maximum Gasteiger partial charge on any atom is 0.335 e. The van der Waals surface area contributed by atoms with Gasteiger partial charge in [-0.05, 0) is 42.6 Å². The van der Waals surface area contributed by atoms with E-state index in [1.165, 1.54) is 0 Å². The van der Waals surface area contributed by atoms with Gasteiger partial charge in [0, 0.05) is 45.6 Å². The highest BCUT2D eigenvalue weighted by Crippen LogP contribution is 2.35. The van der Waals surface area contributed by atoms with Gasteiger partial charge in [0.05, 0.1) is 16.8 Å². The van der Waals surface area contributed by atoms with E-state index < -0.39 is 5.97 Å². The Morgan fingerprint density at radius 1 is 1.06 bits per heavy atom. The van der Waals surface area contributed by atoms with Gasteiger partial charge in [0.15, 0.2) is 5.78 Å². The molecule has 7 nitrogen and oxygen atoms in total. The molecule has 3 aromatic heterocycles. The van der Waals surface area contributed by atoms with E-state index in [2.05, 4.69) is 10.5 Å². The first kappa shape index (κ1) is 20.8. The van der Waals surface area contributed by atoms with Crippen molar-refractivity contribution in [1.29, 1.82) is 0 Å². The highest BCUT2D eigenvalue weighted by molar-refractivity contribution is 7.18. The van der Waals surface area contributed by atoms with Crippen LogP contribution >= 0.6 is 11.3 Å². The summed E-state index contributed by atoms with van der Waals surface area (Å²) in [6.45, 7) is 1.82. The molecule has 0 spiro atoms. The van der Waals surface area contributed by atoms with E-state index in [1.54, 1.807) is 41.7 Å². The summed E-state index contributed by atoms with van der Waals surface area (Å²) in [5.41, 5.74) is 2.87. The van der Waals surface area contributed by atoms with Crippen LogP contribution in [-0.2, 0) is 6.42 Å². The Labute approximate surface area is 192 Å². The fourth-order valence-corrected chi connectivity index (χ4v) is 4.69. The first-order valence-corrected chi connectivity index (χ1v) is 11.2. The van der Waals surface area contributed by atoms with Gasteiger partial charge in [0.25, 0.3) is 0 Å². The molecule has 5 rings (SSSR count). The van der Waals surface area contributed by atoms with Crippen molar-refractivity contribution in [2.75, 3.05) is 5.32 Å². The van der Waals surface area contributed by atoms with Crippen molar-refractivity contribution in [3.05, 3.63) is 82.6 Å². The highest BCUT2D eigenvalue weighted by atomic mass is 32.1. The van der Waals surface area contributed by atoms with Gasteiger partial charge in [-0.15, -0.1) is 11.3 Å². The number of nitrogens with zero attached hydrogens (tertiary/aromatic N) is 2. The van der Waals surface area contributed by atoms with Crippen LogP contribution in [0.4, 0.5) is 11.5 Å². The zero-order valence-corrected chi connectivity index (χ0v) is 18.5. The predicted octanol–water partition coefficient (Wildman–Crippen LogP) is 6.00. The van der Waals surface area contributed by atoms with Crippen molar-refractivity contribution in [3.8, 4) is 0 Å². The zero-order valence-electron chi connectivity index (χ0n) is 17.7. The Balaban J connectivity index is 1.43. The third-order valence-corrected chi connectivity index (χ3v) is 6.32.